The van der Waals surface area contributed by atoms with E-state index in [0.29, 0.717) is 16.7 Å². The summed E-state index contributed by atoms with van der Waals surface area (Å²) < 4.78 is 10.1. The van der Waals surface area contributed by atoms with Gasteiger partial charge in [-0.25, -0.2) is 9.59 Å². The highest BCUT2D eigenvalue weighted by Gasteiger charge is 2.23. The van der Waals surface area contributed by atoms with Gasteiger partial charge < -0.3 is 20.0 Å². The zero-order valence-corrected chi connectivity index (χ0v) is 10.3. The smallest absolute Gasteiger partial charge is 0.375 e. The number of anilines is 1. The highest BCUT2D eigenvalue weighted by atomic mass is 16.6. The van der Waals surface area contributed by atoms with Crippen LogP contribution in [-0.4, -0.2) is 23.1 Å². The highest BCUT2D eigenvalue weighted by Crippen LogP contribution is 2.22. The largest absolute Gasteiger partial charge is 0.479 e. The monoisotopic (exact) mass is 263 g/mol. The van der Waals surface area contributed by atoms with Crippen molar-refractivity contribution in [3.63, 3.8) is 0 Å². The fourth-order valence-corrected chi connectivity index (χ4v) is 1.66. The molecule has 0 aliphatic rings. The topological polar surface area (TPSA) is 103 Å². The van der Waals surface area contributed by atoms with Gasteiger partial charge in [0.1, 0.15) is 5.58 Å². The lowest BCUT2D eigenvalue weighted by Gasteiger charge is -2.09. The van der Waals surface area contributed by atoms with Gasteiger partial charge in [0.15, 0.2) is 6.10 Å². The second-order valence-corrected chi connectivity index (χ2v) is 4.05. The minimum Gasteiger partial charge on any atom is -0.479 e. The SMILES string of the molecule is CCC(OC(=O)c1cc2cc(N)ccc2o1)C(=O)O. The van der Waals surface area contributed by atoms with Gasteiger partial charge in [-0.1, -0.05) is 6.92 Å². The molecule has 0 saturated carbocycles. The molecule has 0 radical (unpaired) electrons. The number of furan rings is 1. The Bertz CT molecular complexity index is 631. The average molecular weight is 263 g/mol. The quantitative estimate of drug-likeness (QED) is 0.646. The Labute approximate surface area is 108 Å². The number of carboxylic acid groups (broad SMARTS) is 1. The molecule has 1 unspecified atom stereocenters. The summed E-state index contributed by atoms with van der Waals surface area (Å²) in [5.41, 5.74) is 6.65. The first-order valence-electron chi connectivity index (χ1n) is 5.74. The highest BCUT2D eigenvalue weighted by molar-refractivity contribution is 5.94. The maximum Gasteiger partial charge on any atom is 0.375 e. The lowest BCUT2D eigenvalue weighted by atomic mass is 10.2. The second kappa shape index (κ2) is 5.01. The van der Waals surface area contributed by atoms with Gasteiger partial charge in [-0.2, -0.15) is 0 Å². The van der Waals surface area contributed by atoms with Crippen LogP contribution < -0.4 is 5.73 Å². The van der Waals surface area contributed by atoms with Gasteiger partial charge in [0.05, 0.1) is 0 Å². The molecule has 2 aromatic rings. The van der Waals surface area contributed by atoms with Crippen LogP contribution in [0.2, 0.25) is 0 Å². The van der Waals surface area contributed by atoms with E-state index in [4.69, 9.17) is 20.0 Å². The van der Waals surface area contributed by atoms with Crippen molar-refractivity contribution in [1.82, 2.24) is 0 Å². The van der Waals surface area contributed by atoms with E-state index in [1.165, 1.54) is 6.07 Å². The van der Waals surface area contributed by atoms with E-state index in [0.717, 1.165) is 0 Å². The van der Waals surface area contributed by atoms with E-state index in [1.54, 1.807) is 25.1 Å². The summed E-state index contributed by atoms with van der Waals surface area (Å²) in [6.45, 7) is 1.62. The van der Waals surface area contributed by atoms with Crippen molar-refractivity contribution in [3.8, 4) is 0 Å². The summed E-state index contributed by atoms with van der Waals surface area (Å²) in [5, 5.41) is 9.48. The normalized spacial score (nSPS) is 12.3. The molecular formula is C13H13NO5. The molecule has 1 aromatic heterocycles. The van der Waals surface area contributed by atoms with Crippen molar-refractivity contribution < 1.29 is 23.8 Å². The van der Waals surface area contributed by atoms with Gasteiger partial charge in [0.2, 0.25) is 5.76 Å². The molecule has 100 valence electrons. The molecular weight excluding hydrogens is 250 g/mol. The molecule has 0 aliphatic heterocycles. The summed E-state index contributed by atoms with van der Waals surface area (Å²) in [4.78, 5) is 22.6. The first-order valence-corrected chi connectivity index (χ1v) is 5.74. The predicted octanol–water partition coefficient (Wildman–Crippen LogP) is 2.03. The number of rotatable bonds is 4. The molecule has 1 atom stereocenters. The summed E-state index contributed by atoms with van der Waals surface area (Å²) in [5.74, 6) is -2.03. The van der Waals surface area contributed by atoms with E-state index < -0.39 is 18.0 Å². The summed E-state index contributed by atoms with van der Waals surface area (Å²) in [6, 6.07) is 6.41. The fourth-order valence-electron chi connectivity index (χ4n) is 1.66. The number of carboxylic acids is 1. The van der Waals surface area contributed by atoms with Gasteiger partial charge in [-0.15, -0.1) is 0 Å². The molecule has 6 nitrogen and oxygen atoms in total. The molecule has 0 fully saturated rings. The Morgan fingerprint density at radius 2 is 2.16 bits per heavy atom. The molecule has 0 amide bonds. The summed E-state index contributed by atoms with van der Waals surface area (Å²) in [7, 11) is 0. The first kappa shape index (κ1) is 12.9. The van der Waals surface area contributed by atoms with Gasteiger partial charge in [0.25, 0.3) is 0 Å². The molecule has 0 spiro atoms. The molecule has 2 rings (SSSR count). The van der Waals surface area contributed by atoms with E-state index in [1.807, 2.05) is 0 Å². The van der Waals surface area contributed by atoms with Crippen LogP contribution in [0.4, 0.5) is 5.69 Å². The zero-order valence-electron chi connectivity index (χ0n) is 10.3. The fraction of sp³-hybridized carbons (Fsp3) is 0.231. The Morgan fingerprint density at radius 1 is 1.42 bits per heavy atom. The second-order valence-electron chi connectivity index (χ2n) is 4.05. The number of carbonyl (C=O) groups excluding carboxylic acids is 1. The van der Waals surface area contributed by atoms with E-state index in [-0.39, 0.29) is 12.2 Å². The molecule has 1 heterocycles. The molecule has 6 heteroatoms. The van der Waals surface area contributed by atoms with Crippen LogP contribution in [0.5, 0.6) is 0 Å². The third kappa shape index (κ3) is 2.67. The Balaban J connectivity index is 2.24. The number of ether oxygens (including phenoxy) is 1. The molecule has 1 aromatic carbocycles. The summed E-state index contributed by atoms with van der Waals surface area (Å²) in [6.07, 6.45) is -0.986. The number of esters is 1. The molecule has 0 saturated heterocycles. The minimum absolute atomic E-state index is 0.0414. The van der Waals surface area contributed by atoms with Crippen molar-refractivity contribution in [2.24, 2.45) is 0 Å². The first-order chi connectivity index (χ1) is 9.01. The molecule has 0 aliphatic carbocycles. The Hall–Kier alpha value is -2.50. The van der Waals surface area contributed by atoms with Crippen molar-refractivity contribution in [1.29, 1.82) is 0 Å². The third-order valence-corrected chi connectivity index (χ3v) is 2.64. The Kier molecular flexibility index (Phi) is 3.41. The number of benzene rings is 1. The number of aliphatic carboxylic acids is 1. The number of fused-ring (bicyclic) bond motifs is 1. The maximum atomic E-state index is 11.8. The van der Waals surface area contributed by atoms with Crippen LogP contribution in [0.15, 0.2) is 28.7 Å². The molecule has 19 heavy (non-hydrogen) atoms. The average Bonchev–Trinajstić information content (AvgIpc) is 2.78. The van der Waals surface area contributed by atoms with Crippen molar-refractivity contribution >= 4 is 28.6 Å². The number of carbonyl (C=O) groups is 2. The number of hydrogen-bond donors (Lipinski definition) is 2. The predicted molar refractivity (Wildman–Crippen MR) is 67.8 cm³/mol. The third-order valence-electron chi connectivity index (χ3n) is 2.64. The van der Waals surface area contributed by atoms with Crippen LogP contribution in [0.3, 0.4) is 0 Å². The number of nitrogen functional groups attached to an aromatic ring is 1. The van der Waals surface area contributed by atoms with Crippen LogP contribution in [0.25, 0.3) is 11.0 Å². The number of hydrogen-bond acceptors (Lipinski definition) is 5. The summed E-state index contributed by atoms with van der Waals surface area (Å²) >= 11 is 0. The lowest BCUT2D eigenvalue weighted by molar-refractivity contribution is -0.147. The van der Waals surface area contributed by atoms with Crippen LogP contribution in [-0.2, 0) is 9.53 Å². The number of nitrogens with two attached hydrogens (primary N) is 1. The van der Waals surface area contributed by atoms with Crippen LogP contribution in [0.1, 0.15) is 23.9 Å². The van der Waals surface area contributed by atoms with Crippen LogP contribution >= 0.6 is 0 Å². The van der Waals surface area contributed by atoms with E-state index in [9.17, 15) is 9.59 Å². The van der Waals surface area contributed by atoms with E-state index in [2.05, 4.69) is 0 Å². The minimum atomic E-state index is -1.18. The Morgan fingerprint density at radius 3 is 2.79 bits per heavy atom. The van der Waals surface area contributed by atoms with Crippen LogP contribution in [0, 0.1) is 0 Å². The van der Waals surface area contributed by atoms with Gasteiger partial charge in [0, 0.05) is 11.1 Å². The van der Waals surface area contributed by atoms with Crippen molar-refractivity contribution in [2.75, 3.05) is 5.73 Å². The van der Waals surface area contributed by atoms with E-state index >= 15 is 0 Å². The molecule has 3 N–H and O–H groups in total. The standard InChI is InChI=1S/C13H13NO5/c1-2-9(12(15)16)19-13(17)11-6-7-5-8(14)3-4-10(7)18-11/h3-6,9H,2,14H2,1H3,(H,15,16). The van der Waals surface area contributed by atoms with Crippen molar-refractivity contribution in [3.05, 3.63) is 30.0 Å². The molecule has 0 bridgehead atoms. The maximum absolute atomic E-state index is 11.8. The van der Waals surface area contributed by atoms with Gasteiger partial charge in [-0.05, 0) is 30.7 Å². The van der Waals surface area contributed by atoms with Gasteiger partial charge in [-0.3, -0.25) is 0 Å². The van der Waals surface area contributed by atoms with Crippen molar-refractivity contribution in [2.45, 2.75) is 19.4 Å². The lowest BCUT2D eigenvalue weighted by Crippen LogP contribution is -2.26. The van der Waals surface area contributed by atoms with Gasteiger partial charge >= 0.3 is 11.9 Å². The zero-order chi connectivity index (χ0) is 14.0.